The monoisotopic (exact) mass is 224 g/mol. The Morgan fingerprint density at radius 1 is 1.62 bits per heavy atom. The predicted molar refractivity (Wildman–Crippen MR) is 62.1 cm³/mol. The molecule has 0 radical (unpaired) electrons. The number of benzene rings is 1. The van der Waals surface area contributed by atoms with Crippen LogP contribution in [0.25, 0.3) is 0 Å². The van der Waals surface area contributed by atoms with Crippen molar-refractivity contribution in [1.29, 1.82) is 0 Å². The van der Waals surface area contributed by atoms with Crippen molar-refractivity contribution in [3.63, 3.8) is 0 Å². The number of aliphatic hydroxyl groups excluding tert-OH is 1. The van der Waals surface area contributed by atoms with Gasteiger partial charge < -0.3 is 15.7 Å². The zero-order valence-electron chi connectivity index (χ0n) is 9.36. The highest BCUT2D eigenvalue weighted by molar-refractivity contribution is 5.57. The third-order valence-corrected chi connectivity index (χ3v) is 3.28. The van der Waals surface area contributed by atoms with E-state index in [1.165, 1.54) is 12.1 Å². The maximum Gasteiger partial charge on any atom is 0.125 e. The standard InChI is InChI=1S/C12H17FN2O/c1-15-5-4-10(12(16)7-14)9-3-2-8(13)6-11(9)15/h2-3,6,10,12,16H,4-5,7,14H2,1H3. The number of anilines is 1. The Balaban J connectivity index is 2.40. The van der Waals surface area contributed by atoms with Crippen molar-refractivity contribution in [1.82, 2.24) is 0 Å². The van der Waals surface area contributed by atoms with E-state index in [9.17, 15) is 9.50 Å². The van der Waals surface area contributed by atoms with Gasteiger partial charge in [-0.15, -0.1) is 0 Å². The SMILES string of the molecule is CN1CCC(C(O)CN)c2ccc(F)cc21. The molecule has 0 amide bonds. The van der Waals surface area contributed by atoms with Gasteiger partial charge in [-0.2, -0.15) is 0 Å². The summed E-state index contributed by atoms with van der Waals surface area (Å²) in [6.45, 7) is 1.06. The van der Waals surface area contributed by atoms with Crippen LogP contribution in [0, 0.1) is 5.82 Å². The number of nitrogens with two attached hydrogens (primary N) is 1. The molecule has 0 bridgehead atoms. The highest BCUT2D eigenvalue weighted by atomic mass is 19.1. The van der Waals surface area contributed by atoms with Crippen LogP contribution in [-0.2, 0) is 0 Å². The fraction of sp³-hybridized carbons (Fsp3) is 0.500. The second-order valence-corrected chi connectivity index (χ2v) is 4.32. The van der Waals surface area contributed by atoms with E-state index in [4.69, 9.17) is 5.73 Å². The van der Waals surface area contributed by atoms with Crippen LogP contribution in [0.3, 0.4) is 0 Å². The second kappa shape index (κ2) is 4.39. The first-order chi connectivity index (χ1) is 7.63. The fourth-order valence-electron chi connectivity index (χ4n) is 2.33. The Kier molecular flexibility index (Phi) is 3.12. The van der Waals surface area contributed by atoms with Crippen molar-refractivity contribution in [2.24, 2.45) is 5.73 Å². The lowest BCUT2D eigenvalue weighted by Crippen LogP contribution is -2.35. The Morgan fingerprint density at radius 3 is 3.06 bits per heavy atom. The molecule has 1 heterocycles. The van der Waals surface area contributed by atoms with Crippen LogP contribution in [0.5, 0.6) is 0 Å². The van der Waals surface area contributed by atoms with E-state index < -0.39 is 6.10 Å². The number of aliphatic hydroxyl groups is 1. The summed E-state index contributed by atoms with van der Waals surface area (Å²) in [5.74, 6) is -0.217. The van der Waals surface area contributed by atoms with Gasteiger partial charge >= 0.3 is 0 Å². The Hall–Kier alpha value is -1.13. The molecule has 0 saturated carbocycles. The molecule has 0 aliphatic carbocycles. The summed E-state index contributed by atoms with van der Waals surface area (Å²) in [6.07, 6.45) is 0.311. The van der Waals surface area contributed by atoms with Gasteiger partial charge in [-0.1, -0.05) is 6.07 Å². The summed E-state index contributed by atoms with van der Waals surface area (Å²) in [4.78, 5) is 2.01. The number of hydrogen-bond donors (Lipinski definition) is 2. The van der Waals surface area contributed by atoms with Gasteiger partial charge in [0.05, 0.1) is 6.10 Å². The third kappa shape index (κ3) is 1.90. The minimum Gasteiger partial charge on any atom is -0.391 e. The van der Waals surface area contributed by atoms with Crippen LogP contribution in [0.2, 0.25) is 0 Å². The van der Waals surface area contributed by atoms with Crippen molar-refractivity contribution in [2.75, 3.05) is 25.0 Å². The first-order valence-electron chi connectivity index (χ1n) is 5.52. The van der Waals surface area contributed by atoms with Crippen molar-refractivity contribution >= 4 is 5.69 Å². The fourth-order valence-corrected chi connectivity index (χ4v) is 2.33. The molecule has 16 heavy (non-hydrogen) atoms. The Bertz CT molecular complexity index is 383. The molecule has 0 spiro atoms. The molecule has 0 fully saturated rings. The van der Waals surface area contributed by atoms with Crippen molar-refractivity contribution in [2.45, 2.75) is 18.4 Å². The maximum absolute atomic E-state index is 13.2. The number of nitrogens with zero attached hydrogens (tertiary/aromatic N) is 1. The van der Waals surface area contributed by atoms with Crippen LogP contribution >= 0.6 is 0 Å². The molecule has 88 valence electrons. The molecule has 0 aromatic heterocycles. The van der Waals surface area contributed by atoms with E-state index in [-0.39, 0.29) is 18.3 Å². The molecule has 1 aromatic carbocycles. The van der Waals surface area contributed by atoms with Gasteiger partial charge in [-0.05, 0) is 24.1 Å². The molecule has 2 rings (SSSR count). The molecule has 3 N–H and O–H groups in total. The van der Waals surface area contributed by atoms with Crippen LogP contribution in [0.15, 0.2) is 18.2 Å². The lowest BCUT2D eigenvalue weighted by molar-refractivity contribution is 0.145. The summed E-state index contributed by atoms with van der Waals surface area (Å²) < 4.78 is 13.2. The summed E-state index contributed by atoms with van der Waals surface area (Å²) in [5.41, 5.74) is 7.35. The van der Waals surface area contributed by atoms with E-state index in [0.717, 1.165) is 24.2 Å². The van der Waals surface area contributed by atoms with Crippen LogP contribution in [0.1, 0.15) is 17.9 Å². The molecule has 0 saturated heterocycles. The first-order valence-corrected chi connectivity index (χ1v) is 5.52. The van der Waals surface area contributed by atoms with Gasteiger partial charge in [0.15, 0.2) is 0 Å². The van der Waals surface area contributed by atoms with E-state index >= 15 is 0 Å². The molecule has 1 aromatic rings. The lowest BCUT2D eigenvalue weighted by Gasteiger charge is -2.35. The minimum atomic E-state index is -0.544. The largest absolute Gasteiger partial charge is 0.391 e. The zero-order valence-corrected chi connectivity index (χ0v) is 9.36. The predicted octanol–water partition coefficient (Wildman–Crippen LogP) is 1.07. The van der Waals surface area contributed by atoms with E-state index in [1.54, 1.807) is 6.07 Å². The number of fused-ring (bicyclic) bond motifs is 1. The van der Waals surface area contributed by atoms with E-state index in [0.29, 0.717) is 0 Å². The molecule has 2 unspecified atom stereocenters. The number of halogens is 1. The van der Waals surface area contributed by atoms with Crippen molar-refractivity contribution < 1.29 is 9.50 Å². The highest BCUT2D eigenvalue weighted by Crippen LogP contribution is 2.36. The summed E-state index contributed by atoms with van der Waals surface area (Å²) in [7, 11) is 1.93. The third-order valence-electron chi connectivity index (χ3n) is 3.28. The lowest BCUT2D eigenvalue weighted by atomic mass is 9.86. The first kappa shape index (κ1) is 11.4. The van der Waals surface area contributed by atoms with E-state index in [1.807, 2.05) is 11.9 Å². The van der Waals surface area contributed by atoms with Crippen LogP contribution in [-0.4, -0.2) is 31.3 Å². The average Bonchev–Trinajstić information content (AvgIpc) is 2.29. The van der Waals surface area contributed by atoms with Gasteiger partial charge in [0.2, 0.25) is 0 Å². The summed E-state index contributed by atoms with van der Waals surface area (Å²) in [5, 5.41) is 9.85. The number of rotatable bonds is 2. The van der Waals surface area contributed by atoms with Crippen LogP contribution < -0.4 is 10.6 Å². The topological polar surface area (TPSA) is 49.5 Å². The quantitative estimate of drug-likeness (QED) is 0.790. The Morgan fingerprint density at radius 2 is 2.38 bits per heavy atom. The smallest absolute Gasteiger partial charge is 0.125 e. The van der Waals surface area contributed by atoms with Gasteiger partial charge in [-0.3, -0.25) is 0 Å². The second-order valence-electron chi connectivity index (χ2n) is 4.32. The number of hydrogen-bond acceptors (Lipinski definition) is 3. The van der Waals surface area contributed by atoms with Crippen molar-refractivity contribution in [3.8, 4) is 0 Å². The van der Waals surface area contributed by atoms with Crippen LogP contribution in [0.4, 0.5) is 10.1 Å². The molecule has 4 heteroatoms. The molecular formula is C12H17FN2O. The average molecular weight is 224 g/mol. The maximum atomic E-state index is 13.2. The van der Waals surface area contributed by atoms with Gasteiger partial charge in [0.1, 0.15) is 5.82 Å². The van der Waals surface area contributed by atoms with Gasteiger partial charge in [0.25, 0.3) is 0 Å². The molecular weight excluding hydrogens is 207 g/mol. The van der Waals surface area contributed by atoms with E-state index in [2.05, 4.69) is 0 Å². The summed E-state index contributed by atoms with van der Waals surface area (Å²) in [6, 6.07) is 4.71. The highest BCUT2D eigenvalue weighted by Gasteiger charge is 2.28. The van der Waals surface area contributed by atoms with Gasteiger partial charge in [0, 0.05) is 31.7 Å². The van der Waals surface area contributed by atoms with Gasteiger partial charge in [-0.25, -0.2) is 4.39 Å². The molecule has 3 nitrogen and oxygen atoms in total. The summed E-state index contributed by atoms with van der Waals surface area (Å²) >= 11 is 0. The van der Waals surface area contributed by atoms with Crippen molar-refractivity contribution in [3.05, 3.63) is 29.6 Å². The Labute approximate surface area is 94.7 Å². The minimum absolute atomic E-state index is 0.0248. The zero-order chi connectivity index (χ0) is 11.7. The molecule has 1 aliphatic heterocycles. The molecule has 1 aliphatic rings. The normalized spacial score (nSPS) is 21.8. The molecule has 2 atom stereocenters.